The first-order chi connectivity index (χ1) is 6.50. The molecule has 0 aromatic heterocycles. The van der Waals surface area contributed by atoms with Crippen molar-refractivity contribution in [2.75, 3.05) is 5.32 Å². The van der Waals surface area contributed by atoms with Crippen LogP contribution in [0, 0.1) is 10.5 Å². The fourth-order valence-electron chi connectivity index (χ4n) is 0.975. The molecule has 3 N–H and O–H groups in total. The highest BCUT2D eigenvalue weighted by Gasteiger charge is 2.08. The van der Waals surface area contributed by atoms with Crippen molar-refractivity contribution in [1.82, 2.24) is 0 Å². The standard InChI is InChI=1S/C10H13IN2O/c1-6-3-4-8(11)5-9(6)13-10(14)7(2)12/h3-5,7H,12H2,1-2H3,(H,13,14). The zero-order valence-corrected chi connectivity index (χ0v) is 10.3. The van der Waals surface area contributed by atoms with Crippen LogP contribution in [0.25, 0.3) is 0 Å². The molecule has 1 aromatic rings. The highest BCUT2D eigenvalue weighted by Crippen LogP contribution is 2.18. The Morgan fingerprint density at radius 3 is 2.79 bits per heavy atom. The molecular formula is C10H13IN2O. The molecule has 0 aliphatic carbocycles. The van der Waals surface area contributed by atoms with Gasteiger partial charge in [-0.3, -0.25) is 4.79 Å². The lowest BCUT2D eigenvalue weighted by molar-refractivity contribution is -0.117. The van der Waals surface area contributed by atoms with Crippen molar-refractivity contribution < 1.29 is 4.79 Å². The Bertz CT molecular complexity index is 350. The van der Waals surface area contributed by atoms with E-state index < -0.39 is 6.04 Å². The zero-order valence-electron chi connectivity index (χ0n) is 8.17. The Hall–Kier alpha value is -0.620. The van der Waals surface area contributed by atoms with E-state index in [0.29, 0.717) is 0 Å². The molecule has 14 heavy (non-hydrogen) atoms. The van der Waals surface area contributed by atoms with Gasteiger partial charge in [-0.2, -0.15) is 0 Å². The fourth-order valence-corrected chi connectivity index (χ4v) is 1.47. The molecule has 1 unspecified atom stereocenters. The fraction of sp³-hybridized carbons (Fsp3) is 0.300. The van der Waals surface area contributed by atoms with Gasteiger partial charge in [0, 0.05) is 9.26 Å². The average Bonchev–Trinajstić information content (AvgIpc) is 2.11. The molecule has 0 radical (unpaired) electrons. The summed E-state index contributed by atoms with van der Waals surface area (Å²) in [5, 5.41) is 2.78. The van der Waals surface area contributed by atoms with Crippen molar-refractivity contribution in [2.24, 2.45) is 5.73 Å². The monoisotopic (exact) mass is 304 g/mol. The van der Waals surface area contributed by atoms with Crippen LogP contribution in [0.1, 0.15) is 12.5 Å². The van der Waals surface area contributed by atoms with Crippen molar-refractivity contribution in [2.45, 2.75) is 19.9 Å². The molecule has 0 saturated heterocycles. The number of rotatable bonds is 2. The Morgan fingerprint density at radius 1 is 1.57 bits per heavy atom. The molecular weight excluding hydrogens is 291 g/mol. The summed E-state index contributed by atoms with van der Waals surface area (Å²) in [7, 11) is 0. The number of carbonyl (C=O) groups excluding carboxylic acids is 1. The van der Waals surface area contributed by atoms with E-state index in [2.05, 4.69) is 27.9 Å². The average molecular weight is 304 g/mol. The summed E-state index contributed by atoms with van der Waals surface area (Å²) in [6, 6.07) is 5.42. The highest BCUT2D eigenvalue weighted by molar-refractivity contribution is 14.1. The van der Waals surface area contributed by atoms with Gasteiger partial charge in [0.15, 0.2) is 0 Å². The summed E-state index contributed by atoms with van der Waals surface area (Å²) >= 11 is 2.20. The van der Waals surface area contributed by atoms with Gasteiger partial charge >= 0.3 is 0 Å². The van der Waals surface area contributed by atoms with Crippen molar-refractivity contribution in [1.29, 1.82) is 0 Å². The topological polar surface area (TPSA) is 55.1 Å². The van der Waals surface area contributed by atoms with Crippen molar-refractivity contribution in [3.05, 3.63) is 27.3 Å². The lowest BCUT2D eigenvalue weighted by Crippen LogP contribution is -2.32. The van der Waals surface area contributed by atoms with Gasteiger partial charge in [0.05, 0.1) is 6.04 Å². The quantitative estimate of drug-likeness (QED) is 0.820. The zero-order chi connectivity index (χ0) is 10.7. The van der Waals surface area contributed by atoms with Gasteiger partial charge in [-0.1, -0.05) is 6.07 Å². The number of hydrogen-bond donors (Lipinski definition) is 2. The van der Waals surface area contributed by atoms with Crippen molar-refractivity contribution in [3.8, 4) is 0 Å². The number of carbonyl (C=O) groups is 1. The molecule has 4 heteroatoms. The molecule has 1 amide bonds. The van der Waals surface area contributed by atoms with E-state index >= 15 is 0 Å². The molecule has 0 aliphatic rings. The van der Waals surface area contributed by atoms with Crippen LogP contribution in [-0.2, 0) is 4.79 Å². The number of benzene rings is 1. The van der Waals surface area contributed by atoms with E-state index in [1.807, 2.05) is 25.1 Å². The smallest absolute Gasteiger partial charge is 0.241 e. The van der Waals surface area contributed by atoms with E-state index in [9.17, 15) is 4.79 Å². The number of hydrogen-bond acceptors (Lipinski definition) is 2. The third-order valence-corrected chi connectivity index (χ3v) is 2.54. The Kier molecular flexibility index (Phi) is 3.88. The van der Waals surface area contributed by atoms with Gasteiger partial charge in [-0.15, -0.1) is 0 Å². The van der Waals surface area contributed by atoms with E-state index in [1.165, 1.54) is 0 Å². The molecule has 0 fully saturated rings. The summed E-state index contributed by atoms with van der Waals surface area (Å²) in [6.07, 6.45) is 0. The van der Waals surface area contributed by atoms with Gasteiger partial charge in [0.1, 0.15) is 0 Å². The number of anilines is 1. The molecule has 3 nitrogen and oxygen atoms in total. The first-order valence-corrected chi connectivity index (χ1v) is 5.41. The minimum absolute atomic E-state index is 0.157. The molecule has 0 bridgehead atoms. The molecule has 0 saturated carbocycles. The first kappa shape index (κ1) is 11.5. The Balaban J connectivity index is 2.86. The number of nitrogens with one attached hydrogen (secondary N) is 1. The first-order valence-electron chi connectivity index (χ1n) is 4.33. The SMILES string of the molecule is Cc1ccc(I)cc1NC(=O)C(C)N. The second kappa shape index (κ2) is 4.75. The van der Waals surface area contributed by atoms with Gasteiger partial charge in [0.2, 0.25) is 5.91 Å². The maximum atomic E-state index is 11.3. The van der Waals surface area contributed by atoms with Gasteiger partial charge in [-0.05, 0) is 54.1 Å². The van der Waals surface area contributed by atoms with Crippen LogP contribution in [0.4, 0.5) is 5.69 Å². The van der Waals surface area contributed by atoms with Crippen LogP contribution < -0.4 is 11.1 Å². The third kappa shape index (κ3) is 2.95. The predicted molar refractivity (Wildman–Crippen MR) is 66.2 cm³/mol. The number of nitrogens with two attached hydrogens (primary N) is 1. The highest BCUT2D eigenvalue weighted by atomic mass is 127. The minimum atomic E-state index is -0.479. The van der Waals surface area contributed by atoms with Gasteiger partial charge < -0.3 is 11.1 Å². The van der Waals surface area contributed by atoms with Crippen LogP contribution in [0.15, 0.2) is 18.2 Å². The van der Waals surface area contributed by atoms with Crippen LogP contribution in [0.2, 0.25) is 0 Å². The summed E-state index contributed by atoms with van der Waals surface area (Å²) in [5.74, 6) is -0.157. The molecule has 1 rings (SSSR count). The second-order valence-corrected chi connectivity index (χ2v) is 4.48. The van der Waals surface area contributed by atoms with Crippen LogP contribution >= 0.6 is 22.6 Å². The minimum Gasteiger partial charge on any atom is -0.324 e. The molecule has 0 aliphatic heterocycles. The summed E-state index contributed by atoms with van der Waals surface area (Å²) in [4.78, 5) is 11.3. The normalized spacial score (nSPS) is 12.3. The lowest BCUT2D eigenvalue weighted by Gasteiger charge is -2.10. The van der Waals surface area contributed by atoms with Crippen LogP contribution in [-0.4, -0.2) is 11.9 Å². The number of halogens is 1. The molecule has 0 spiro atoms. The maximum Gasteiger partial charge on any atom is 0.241 e. The number of aryl methyl sites for hydroxylation is 1. The van der Waals surface area contributed by atoms with E-state index in [0.717, 1.165) is 14.8 Å². The third-order valence-electron chi connectivity index (χ3n) is 1.87. The Labute approximate surface area is 97.2 Å². The van der Waals surface area contributed by atoms with Gasteiger partial charge in [-0.25, -0.2) is 0 Å². The van der Waals surface area contributed by atoms with E-state index in [4.69, 9.17) is 5.73 Å². The molecule has 76 valence electrons. The molecule has 0 heterocycles. The summed E-state index contributed by atoms with van der Waals surface area (Å²) in [6.45, 7) is 3.62. The van der Waals surface area contributed by atoms with E-state index in [-0.39, 0.29) is 5.91 Å². The van der Waals surface area contributed by atoms with Crippen molar-refractivity contribution in [3.63, 3.8) is 0 Å². The lowest BCUT2D eigenvalue weighted by atomic mass is 10.2. The Morgan fingerprint density at radius 2 is 2.21 bits per heavy atom. The summed E-state index contributed by atoms with van der Waals surface area (Å²) < 4.78 is 1.09. The molecule has 1 aromatic carbocycles. The summed E-state index contributed by atoms with van der Waals surface area (Å²) in [5.41, 5.74) is 7.33. The van der Waals surface area contributed by atoms with Gasteiger partial charge in [0.25, 0.3) is 0 Å². The predicted octanol–water partition coefficient (Wildman–Crippen LogP) is 1.89. The molecule has 1 atom stereocenters. The maximum absolute atomic E-state index is 11.3. The second-order valence-electron chi connectivity index (χ2n) is 3.24. The van der Waals surface area contributed by atoms with Crippen LogP contribution in [0.3, 0.4) is 0 Å². The van der Waals surface area contributed by atoms with E-state index in [1.54, 1.807) is 6.92 Å². The van der Waals surface area contributed by atoms with Crippen molar-refractivity contribution >= 4 is 34.2 Å². The largest absolute Gasteiger partial charge is 0.324 e. The van der Waals surface area contributed by atoms with Crippen LogP contribution in [0.5, 0.6) is 0 Å². The number of amides is 1.